The molecule has 100 valence electrons. The van der Waals surface area contributed by atoms with Crippen molar-refractivity contribution in [2.75, 3.05) is 13.7 Å². The fourth-order valence-electron chi connectivity index (χ4n) is 1.74. The Bertz CT molecular complexity index is 391. The molecule has 0 spiro atoms. The summed E-state index contributed by atoms with van der Waals surface area (Å²) in [7, 11) is 1.22. The van der Waals surface area contributed by atoms with E-state index >= 15 is 0 Å². The molecular formula is C13H18O5. The maximum absolute atomic E-state index is 11.0. The van der Waals surface area contributed by atoms with Crippen molar-refractivity contribution in [3.63, 3.8) is 0 Å². The number of carbonyl (C=O) groups excluding carboxylic acids is 1. The largest absolute Gasteiger partial charge is 0.469 e. The lowest BCUT2D eigenvalue weighted by atomic mass is 9.95. The Labute approximate surface area is 106 Å². The Morgan fingerprint density at radius 1 is 1.33 bits per heavy atom. The molecule has 3 N–H and O–H groups in total. The van der Waals surface area contributed by atoms with E-state index in [0.717, 1.165) is 5.56 Å². The minimum atomic E-state index is -1.22. The maximum Gasteiger partial charge on any atom is 0.308 e. The molecule has 18 heavy (non-hydrogen) atoms. The van der Waals surface area contributed by atoms with E-state index in [1.54, 1.807) is 24.3 Å². The molecule has 1 aromatic rings. The van der Waals surface area contributed by atoms with Gasteiger partial charge in [-0.15, -0.1) is 0 Å². The third kappa shape index (κ3) is 3.80. The summed E-state index contributed by atoms with van der Waals surface area (Å²) in [6, 6.07) is 6.94. The zero-order valence-electron chi connectivity index (χ0n) is 10.2. The molecule has 0 aliphatic carbocycles. The SMILES string of the molecule is COC(=O)CC(O)C(O)c1ccccc1CCO. The third-order valence-electron chi connectivity index (χ3n) is 2.72. The second-order valence-corrected chi connectivity index (χ2v) is 3.96. The minimum absolute atomic E-state index is 0.0448. The molecule has 0 aliphatic heterocycles. The highest BCUT2D eigenvalue weighted by Crippen LogP contribution is 2.23. The van der Waals surface area contributed by atoms with Crippen molar-refractivity contribution >= 4 is 5.97 Å². The zero-order chi connectivity index (χ0) is 13.5. The van der Waals surface area contributed by atoms with Crippen molar-refractivity contribution in [2.24, 2.45) is 0 Å². The van der Waals surface area contributed by atoms with E-state index in [2.05, 4.69) is 4.74 Å². The van der Waals surface area contributed by atoms with E-state index in [4.69, 9.17) is 5.11 Å². The summed E-state index contributed by atoms with van der Waals surface area (Å²) in [6.07, 6.45) is -2.28. The van der Waals surface area contributed by atoms with Crippen LogP contribution in [0.4, 0.5) is 0 Å². The van der Waals surface area contributed by atoms with Crippen LogP contribution in [0.15, 0.2) is 24.3 Å². The van der Waals surface area contributed by atoms with Crippen molar-refractivity contribution in [3.05, 3.63) is 35.4 Å². The topological polar surface area (TPSA) is 87.0 Å². The number of rotatable bonds is 6. The molecule has 0 bridgehead atoms. The molecule has 0 amide bonds. The number of hydrogen-bond donors (Lipinski definition) is 3. The molecular weight excluding hydrogens is 236 g/mol. The number of benzene rings is 1. The summed E-state index contributed by atoms with van der Waals surface area (Å²) in [5.74, 6) is -0.582. The summed E-state index contributed by atoms with van der Waals surface area (Å²) in [6.45, 7) is -0.0448. The van der Waals surface area contributed by atoms with E-state index in [1.807, 2.05) is 0 Å². The summed E-state index contributed by atoms with van der Waals surface area (Å²) in [4.78, 5) is 11.0. The third-order valence-corrected chi connectivity index (χ3v) is 2.72. The van der Waals surface area contributed by atoms with Crippen molar-refractivity contribution < 1.29 is 24.9 Å². The van der Waals surface area contributed by atoms with Gasteiger partial charge in [0.2, 0.25) is 0 Å². The normalized spacial score (nSPS) is 14.0. The molecule has 0 aromatic heterocycles. The monoisotopic (exact) mass is 254 g/mol. The first-order chi connectivity index (χ1) is 8.60. The fourth-order valence-corrected chi connectivity index (χ4v) is 1.74. The van der Waals surface area contributed by atoms with Crippen molar-refractivity contribution in [1.82, 2.24) is 0 Å². The molecule has 0 saturated heterocycles. The first-order valence-electron chi connectivity index (χ1n) is 5.71. The predicted molar refractivity (Wildman–Crippen MR) is 64.8 cm³/mol. The number of aliphatic hydroxyl groups is 3. The highest BCUT2D eigenvalue weighted by molar-refractivity contribution is 5.69. The Balaban J connectivity index is 2.82. The quantitative estimate of drug-likeness (QED) is 0.630. The van der Waals surface area contributed by atoms with Gasteiger partial charge in [-0.2, -0.15) is 0 Å². The zero-order valence-corrected chi connectivity index (χ0v) is 10.2. The van der Waals surface area contributed by atoms with E-state index < -0.39 is 18.2 Å². The van der Waals surface area contributed by atoms with Crippen LogP contribution in [0.25, 0.3) is 0 Å². The molecule has 1 aromatic carbocycles. The maximum atomic E-state index is 11.0. The van der Waals surface area contributed by atoms with Crippen molar-refractivity contribution in [3.8, 4) is 0 Å². The number of carbonyl (C=O) groups is 1. The van der Waals surface area contributed by atoms with Gasteiger partial charge in [-0.1, -0.05) is 24.3 Å². The Morgan fingerprint density at radius 2 is 2.00 bits per heavy atom. The number of ether oxygens (including phenoxy) is 1. The van der Waals surface area contributed by atoms with E-state index in [-0.39, 0.29) is 13.0 Å². The van der Waals surface area contributed by atoms with Gasteiger partial charge in [0.25, 0.3) is 0 Å². The predicted octanol–water partition coefficient (Wildman–Crippen LogP) is 0.179. The molecule has 1 rings (SSSR count). The standard InChI is InChI=1S/C13H18O5/c1-18-12(16)8-11(15)13(17)10-5-3-2-4-9(10)6-7-14/h2-5,11,13-15,17H,6-8H2,1H3. The molecule has 0 saturated carbocycles. The van der Waals surface area contributed by atoms with Crippen LogP contribution in [0.2, 0.25) is 0 Å². The van der Waals surface area contributed by atoms with Gasteiger partial charge in [-0.05, 0) is 17.5 Å². The minimum Gasteiger partial charge on any atom is -0.469 e. The van der Waals surface area contributed by atoms with Gasteiger partial charge in [0.15, 0.2) is 0 Å². The average Bonchev–Trinajstić information content (AvgIpc) is 2.38. The lowest BCUT2D eigenvalue weighted by molar-refractivity contribution is -0.144. The molecule has 2 atom stereocenters. The number of methoxy groups -OCH3 is 1. The van der Waals surface area contributed by atoms with Gasteiger partial charge in [-0.3, -0.25) is 4.79 Å². The average molecular weight is 254 g/mol. The van der Waals surface area contributed by atoms with E-state index in [0.29, 0.717) is 12.0 Å². The molecule has 5 nitrogen and oxygen atoms in total. The Kier molecular flexibility index (Phi) is 5.77. The first kappa shape index (κ1) is 14.6. The second kappa shape index (κ2) is 7.10. The van der Waals surface area contributed by atoms with Gasteiger partial charge in [0, 0.05) is 6.61 Å². The Hall–Kier alpha value is -1.43. The van der Waals surface area contributed by atoms with Crippen LogP contribution < -0.4 is 0 Å². The van der Waals surface area contributed by atoms with Crippen LogP contribution >= 0.6 is 0 Å². The van der Waals surface area contributed by atoms with E-state index in [1.165, 1.54) is 7.11 Å². The lowest BCUT2D eigenvalue weighted by Crippen LogP contribution is -2.23. The highest BCUT2D eigenvalue weighted by Gasteiger charge is 2.23. The van der Waals surface area contributed by atoms with Crippen LogP contribution in [0.3, 0.4) is 0 Å². The van der Waals surface area contributed by atoms with Crippen LogP contribution in [0.5, 0.6) is 0 Å². The fraction of sp³-hybridized carbons (Fsp3) is 0.462. The number of aliphatic hydroxyl groups excluding tert-OH is 3. The van der Waals surface area contributed by atoms with Gasteiger partial charge in [-0.25, -0.2) is 0 Å². The molecule has 0 heterocycles. The van der Waals surface area contributed by atoms with Crippen LogP contribution in [0, 0.1) is 0 Å². The number of esters is 1. The van der Waals surface area contributed by atoms with Gasteiger partial charge >= 0.3 is 5.97 Å². The number of hydrogen-bond acceptors (Lipinski definition) is 5. The molecule has 0 aliphatic rings. The summed E-state index contributed by atoms with van der Waals surface area (Å²) >= 11 is 0. The molecule has 2 unspecified atom stereocenters. The van der Waals surface area contributed by atoms with Crippen LogP contribution in [-0.4, -0.2) is 41.1 Å². The lowest BCUT2D eigenvalue weighted by Gasteiger charge is -2.19. The van der Waals surface area contributed by atoms with Crippen LogP contribution in [-0.2, 0) is 16.0 Å². The summed E-state index contributed by atoms with van der Waals surface area (Å²) < 4.78 is 4.43. The molecule has 0 radical (unpaired) electrons. The summed E-state index contributed by atoms with van der Waals surface area (Å²) in [5, 5.41) is 28.7. The van der Waals surface area contributed by atoms with E-state index in [9.17, 15) is 15.0 Å². The van der Waals surface area contributed by atoms with Crippen molar-refractivity contribution in [1.29, 1.82) is 0 Å². The van der Waals surface area contributed by atoms with Gasteiger partial charge in [0.1, 0.15) is 6.10 Å². The first-order valence-corrected chi connectivity index (χ1v) is 5.71. The van der Waals surface area contributed by atoms with Crippen molar-refractivity contribution in [2.45, 2.75) is 25.0 Å². The van der Waals surface area contributed by atoms with Gasteiger partial charge < -0.3 is 20.1 Å². The smallest absolute Gasteiger partial charge is 0.308 e. The van der Waals surface area contributed by atoms with Crippen LogP contribution in [0.1, 0.15) is 23.7 Å². The molecule has 5 heteroatoms. The highest BCUT2D eigenvalue weighted by atomic mass is 16.5. The second-order valence-electron chi connectivity index (χ2n) is 3.96. The van der Waals surface area contributed by atoms with Gasteiger partial charge in [0.05, 0.1) is 19.6 Å². The Morgan fingerprint density at radius 3 is 2.61 bits per heavy atom. The summed E-state index contributed by atoms with van der Waals surface area (Å²) in [5.41, 5.74) is 1.26. The molecule has 0 fully saturated rings.